The van der Waals surface area contributed by atoms with E-state index in [0.29, 0.717) is 18.9 Å². The quantitative estimate of drug-likeness (QED) is 0.894. The molecule has 5 nitrogen and oxygen atoms in total. The minimum Gasteiger partial charge on any atom is -0.311 e. The number of nitrogens with one attached hydrogen (secondary N) is 1. The van der Waals surface area contributed by atoms with E-state index in [1.165, 1.54) is 0 Å². The first-order chi connectivity index (χ1) is 11.9. The van der Waals surface area contributed by atoms with Crippen LogP contribution in [0.25, 0.3) is 0 Å². The number of anilines is 1. The van der Waals surface area contributed by atoms with Gasteiger partial charge in [0.2, 0.25) is 15.9 Å². The first kappa shape index (κ1) is 17.6. The van der Waals surface area contributed by atoms with Gasteiger partial charge in [0, 0.05) is 12.2 Å². The highest BCUT2D eigenvalue weighted by Crippen LogP contribution is 2.23. The fourth-order valence-corrected chi connectivity index (χ4v) is 4.16. The zero-order valence-corrected chi connectivity index (χ0v) is 15.2. The number of amides is 1. The van der Waals surface area contributed by atoms with Gasteiger partial charge in [-0.05, 0) is 42.2 Å². The maximum Gasteiger partial charge on any atom is 0.245 e. The van der Waals surface area contributed by atoms with Crippen molar-refractivity contribution in [2.45, 2.75) is 37.1 Å². The largest absolute Gasteiger partial charge is 0.311 e. The predicted molar refractivity (Wildman–Crippen MR) is 98.1 cm³/mol. The van der Waals surface area contributed by atoms with Crippen molar-refractivity contribution in [3.8, 4) is 0 Å². The number of carbonyl (C=O) groups is 1. The average molecular weight is 358 g/mol. The van der Waals surface area contributed by atoms with Gasteiger partial charge in [0.15, 0.2) is 0 Å². The molecule has 0 aliphatic carbocycles. The Kier molecular flexibility index (Phi) is 4.92. The molecule has 0 radical (unpaired) electrons. The Bertz CT molecular complexity index is 846. The number of hydrogen-bond acceptors (Lipinski definition) is 3. The first-order valence-corrected chi connectivity index (χ1v) is 9.85. The van der Waals surface area contributed by atoms with Crippen LogP contribution >= 0.6 is 0 Å². The fraction of sp³-hybridized carbons (Fsp3) is 0.316. The van der Waals surface area contributed by atoms with E-state index in [0.717, 1.165) is 11.3 Å². The average Bonchev–Trinajstić information content (AvgIpc) is 2.96. The first-order valence-electron chi connectivity index (χ1n) is 8.37. The summed E-state index contributed by atoms with van der Waals surface area (Å²) in [6.45, 7) is 4.61. The summed E-state index contributed by atoms with van der Waals surface area (Å²) in [6, 6.07) is 15.4. The molecule has 6 heteroatoms. The summed E-state index contributed by atoms with van der Waals surface area (Å²) in [5.41, 5.74) is 1.86. The summed E-state index contributed by atoms with van der Waals surface area (Å²) in [4.78, 5) is 14.4. The van der Waals surface area contributed by atoms with Gasteiger partial charge in [0.1, 0.15) is 6.04 Å². The molecule has 0 aromatic heterocycles. The molecule has 0 spiro atoms. The van der Waals surface area contributed by atoms with Crippen LogP contribution in [0.1, 0.15) is 31.7 Å². The monoisotopic (exact) mass is 358 g/mol. The zero-order chi connectivity index (χ0) is 18.0. The Balaban J connectivity index is 1.74. The Labute approximate surface area is 148 Å². The molecule has 1 N–H and O–H groups in total. The van der Waals surface area contributed by atoms with Gasteiger partial charge in [-0.15, -0.1) is 0 Å². The van der Waals surface area contributed by atoms with Crippen LogP contribution in [0.5, 0.6) is 0 Å². The molecule has 1 fully saturated rings. The van der Waals surface area contributed by atoms with Crippen LogP contribution in [-0.2, 0) is 14.8 Å². The Morgan fingerprint density at radius 2 is 1.68 bits per heavy atom. The minimum absolute atomic E-state index is 0.183. The van der Waals surface area contributed by atoms with E-state index >= 15 is 0 Å². The number of sulfonamides is 1. The highest BCUT2D eigenvalue weighted by molar-refractivity contribution is 7.89. The summed E-state index contributed by atoms with van der Waals surface area (Å²) in [5, 5.41) is 0. The van der Waals surface area contributed by atoms with Crippen molar-refractivity contribution >= 4 is 21.6 Å². The number of carbonyl (C=O) groups excluding carboxylic acids is 1. The summed E-state index contributed by atoms with van der Waals surface area (Å²) < 4.78 is 27.7. The molecule has 0 bridgehead atoms. The fourth-order valence-electron chi connectivity index (χ4n) is 2.94. The second-order valence-electron chi connectivity index (χ2n) is 6.51. The van der Waals surface area contributed by atoms with Gasteiger partial charge in [-0.25, -0.2) is 8.42 Å². The van der Waals surface area contributed by atoms with Gasteiger partial charge in [0.05, 0.1) is 4.90 Å². The van der Waals surface area contributed by atoms with Crippen molar-refractivity contribution in [1.29, 1.82) is 0 Å². The molecule has 3 rings (SSSR count). The molecule has 1 amide bonds. The summed E-state index contributed by atoms with van der Waals surface area (Å²) in [5.74, 6) is 0.120. The van der Waals surface area contributed by atoms with E-state index < -0.39 is 16.1 Å². The number of rotatable bonds is 5. The lowest BCUT2D eigenvalue weighted by atomic mass is 10.0. The van der Waals surface area contributed by atoms with E-state index in [-0.39, 0.29) is 10.8 Å². The molecule has 1 heterocycles. The highest BCUT2D eigenvalue weighted by atomic mass is 32.2. The molecular formula is C19H22N2O3S. The maximum atomic E-state index is 12.6. The third-order valence-corrected chi connectivity index (χ3v) is 5.92. The smallest absolute Gasteiger partial charge is 0.245 e. The van der Waals surface area contributed by atoms with Crippen molar-refractivity contribution in [3.05, 3.63) is 60.2 Å². The molecule has 1 unspecified atom stereocenters. The SMILES string of the molecule is CC(C)c1ccc(S(=O)(=O)NC2CCN(c3ccccc3)C2=O)cc1. The number of benzene rings is 2. The molecule has 2 aromatic rings. The third kappa shape index (κ3) is 3.75. The summed E-state index contributed by atoms with van der Waals surface area (Å²) in [6.07, 6.45) is 0.455. The molecule has 1 saturated heterocycles. The number of nitrogens with zero attached hydrogens (tertiary/aromatic N) is 1. The second-order valence-corrected chi connectivity index (χ2v) is 8.23. The zero-order valence-electron chi connectivity index (χ0n) is 14.3. The lowest BCUT2D eigenvalue weighted by Crippen LogP contribution is -2.41. The van der Waals surface area contributed by atoms with E-state index in [4.69, 9.17) is 0 Å². The van der Waals surface area contributed by atoms with Crippen molar-refractivity contribution < 1.29 is 13.2 Å². The number of para-hydroxylation sites is 1. The molecule has 25 heavy (non-hydrogen) atoms. The standard InChI is InChI=1S/C19H22N2O3S/c1-14(2)15-8-10-17(11-9-15)25(23,24)20-18-12-13-21(19(18)22)16-6-4-3-5-7-16/h3-11,14,18,20H,12-13H2,1-2H3. The molecule has 0 saturated carbocycles. The van der Waals surface area contributed by atoms with Crippen molar-refractivity contribution in [3.63, 3.8) is 0 Å². The van der Waals surface area contributed by atoms with E-state index in [2.05, 4.69) is 18.6 Å². The van der Waals surface area contributed by atoms with Gasteiger partial charge in [-0.3, -0.25) is 4.79 Å². The summed E-state index contributed by atoms with van der Waals surface area (Å²) >= 11 is 0. The van der Waals surface area contributed by atoms with Crippen molar-refractivity contribution in [2.24, 2.45) is 0 Å². The van der Waals surface area contributed by atoms with Gasteiger partial charge >= 0.3 is 0 Å². The van der Waals surface area contributed by atoms with Crippen molar-refractivity contribution in [1.82, 2.24) is 4.72 Å². The summed E-state index contributed by atoms with van der Waals surface area (Å²) in [7, 11) is -3.72. The van der Waals surface area contributed by atoms with Crippen LogP contribution in [0.2, 0.25) is 0 Å². The minimum atomic E-state index is -3.72. The third-order valence-electron chi connectivity index (χ3n) is 4.43. The molecule has 1 aliphatic rings. The van der Waals surface area contributed by atoms with Gasteiger partial charge in [0.25, 0.3) is 0 Å². The molecule has 2 aromatic carbocycles. The van der Waals surface area contributed by atoms with Crippen LogP contribution in [0.15, 0.2) is 59.5 Å². The molecular weight excluding hydrogens is 336 g/mol. The van der Waals surface area contributed by atoms with Crippen LogP contribution < -0.4 is 9.62 Å². The highest BCUT2D eigenvalue weighted by Gasteiger charge is 2.35. The Hall–Kier alpha value is -2.18. The predicted octanol–water partition coefficient (Wildman–Crippen LogP) is 2.89. The van der Waals surface area contributed by atoms with Crippen molar-refractivity contribution in [2.75, 3.05) is 11.4 Å². The van der Waals surface area contributed by atoms with Crippen LogP contribution in [0, 0.1) is 0 Å². The topological polar surface area (TPSA) is 66.5 Å². The molecule has 1 atom stereocenters. The van der Waals surface area contributed by atoms with Gasteiger partial charge in [-0.1, -0.05) is 44.2 Å². The Morgan fingerprint density at radius 1 is 1.04 bits per heavy atom. The van der Waals surface area contributed by atoms with Gasteiger partial charge in [-0.2, -0.15) is 4.72 Å². The van der Waals surface area contributed by atoms with E-state index in [9.17, 15) is 13.2 Å². The van der Waals surface area contributed by atoms with E-state index in [1.807, 2.05) is 42.5 Å². The molecule has 132 valence electrons. The Morgan fingerprint density at radius 3 is 2.28 bits per heavy atom. The van der Waals surface area contributed by atoms with E-state index in [1.54, 1.807) is 17.0 Å². The second kappa shape index (κ2) is 6.98. The van der Waals surface area contributed by atoms with Crippen LogP contribution in [-0.4, -0.2) is 26.9 Å². The maximum absolute atomic E-state index is 12.6. The van der Waals surface area contributed by atoms with Crippen LogP contribution in [0.3, 0.4) is 0 Å². The lowest BCUT2D eigenvalue weighted by Gasteiger charge is -2.17. The van der Waals surface area contributed by atoms with Crippen LogP contribution in [0.4, 0.5) is 5.69 Å². The lowest BCUT2D eigenvalue weighted by molar-refractivity contribution is -0.118. The normalized spacial score (nSPS) is 18.1. The molecule has 1 aliphatic heterocycles. The van der Waals surface area contributed by atoms with Gasteiger partial charge < -0.3 is 4.90 Å². The number of hydrogen-bond donors (Lipinski definition) is 1.